The van der Waals surface area contributed by atoms with Gasteiger partial charge in [0.25, 0.3) is 0 Å². The average Bonchev–Trinajstić information content (AvgIpc) is 2.34. The number of benzene rings is 1. The van der Waals surface area contributed by atoms with E-state index in [9.17, 15) is 4.79 Å². The fourth-order valence-electron chi connectivity index (χ4n) is 2.24. The van der Waals surface area contributed by atoms with E-state index in [0.717, 1.165) is 36.1 Å². The van der Waals surface area contributed by atoms with Crippen LogP contribution in [0.25, 0.3) is 0 Å². The molecule has 3 heteroatoms. The van der Waals surface area contributed by atoms with Crippen LogP contribution in [-0.2, 0) is 4.79 Å². The number of nitrogens with one attached hydrogen (secondary N) is 1. The summed E-state index contributed by atoms with van der Waals surface area (Å²) in [5.41, 5.74) is 3.18. The molecule has 0 fully saturated rings. The van der Waals surface area contributed by atoms with Gasteiger partial charge in [-0.25, -0.2) is 0 Å². The molecule has 0 saturated heterocycles. The summed E-state index contributed by atoms with van der Waals surface area (Å²) >= 11 is 0. The normalized spacial score (nSPS) is 12.5. The molecule has 0 heterocycles. The average molecular weight is 262 g/mol. The molecule has 0 aliphatic carbocycles. The maximum absolute atomic E-state index is 12.4. The molecule has 1 atom stereocenters. The number of hydrogen-bond donors (Lipinski definition) is 1. The summed E-state index contributed by atoms with van der Waals surface area (Å²) in [5.74, 6) is 0.0934. The second-order valence-corrected chi connectivity index (χ2v) is 5.38. The first-order chi connectivity index (χ1) is 8.97. The van der Waals surface area contributed by atoms with Crippen LogP contribution in [0.3, 0.4) is 0 Å². The first-order valence-electron chi connectivity index (χ1n) is 7.00. The van der Waals surface area contributed by atoms with Gasteiger partial charge in [0.1, 0.15) is 0 Å². The van der Waals surface area contributed by atoms with E-state index < -0.39 is 0 Å². The summed E-state index contributed by atoms with van der Waals surface area (Å²) in [4.78, 5) is 14.4. The van der Waals surface area contributed by atoms with Crippen LogP contribution in [0, 0.1) is 13.8 Å². The van der Waals surface area contributed by atoms with Crippen molar-refractivity contribution in [3.05, 3.63) is 29.3 Å². The van der Waals surface area contributed by atoms with E-state index in [1.54, 1.807) is 0 Å². The standard InChI is InChI=1S/C16H26N2O/c1-6-7-11-14(18(4)5)16(19)17-15-12(2)9-8-10-13(15)3/h8-10,14H,6-7,11H2,1-5H3,(H,17,19). The van der Waals surface area contributed by atoms with Crippen molar-refractivity contribution in [1.82, 2.24) is 4.90 Å². The molecule has 1 amide bonds. The molecule has 0 bridgehead atoms. The SMILES string of the molecule is CCCCC(C(=O)Nc1c(C)cccc1C)N(C)C. The van der Waals surface area contributed by atoms with E-state index in [-0.39, 0.29) is 11.9 Å². The second kappa shape index (κ2) is 7.29. The Morgan fingerprint density at radius 3 is 2.32 bits per heavy atom. The first-order valence-corrected chi connectivity index (χ1v) is 7.00. The lowest BCUT2D eigenvalue weighted by molar-refractivity contribution is -0.120. The topological polar surface area (TPSA) is 32.3 Å². The van der Waals surface area contributed by atoms with Crippen molar-refractivity contribution in [1.29, 1.82) is 0 Å². The molecule has 0 radical (unpaired) electrons. The Bertz CT molecular complexity index is 407. The number of likely N-dealkylation sites (N-methyl/N-ethyl adjacent to an activating group) is 1. The maximum atomic E-state index is 12.4. The number of amides is 1. The summed E-state index contributed by atoms with van der Waals surface area (Å²) in [7, 11) is 3.93. The molecular weight excluding hydrogens is 236 g/mol. The fraction of sp³-hybridized carbons (Fsp3) is 0.562. The van der Waals surface area contributed by atoms with Gasteiger partial charge >= 0.3 is 0 Å². The van der Waals surface area contributed by atoms with Crippen molar-refractivity contribution >= 4 is 11.6 Å². The van der Waals surface area contributed by atoms with Crippen molar-refractivity contribution in [3.63, 3.8) is 0 Å². The molecular formula is C16H26N2O. The summed E-state index contributed by atoms with van der Waals surface area (Å²) in [5, 5.41) is 3.09. The van der Waals surface area contributed by atoms with Crippen molar-refractivity contribution in [2.75, 3.05) is 19.4 Å². The Kier molecular flexibility index (Phi) is 6.03. The third-order valence-corrected chi connectivity index (χ3v) is 3.49. The Hall–Kier alpha value is -1.35. The highest BCUT2D eigenvalue weighted by Crippen LogP contribution is 2.20. The van der Waals surface area contributed by atoms with Crippen molar-refractivity contribution < 1.29 is 4.79 Å². The van der Waals surface area contributed by atoms with Crippen molar-refractivity contribution in [2.24, 2.45) is 0 Å². The van der Waals surface area contributed by atoms with Crippen molar-refractivity contribution in [2.45, 2.75) is 46.1 Å². The number of unbranched alkanes of at least 4 members (excludes halogenated alkanes) is 1. The van der Waals surface area contributed by atoms with Crippen LogP contribution in [0.5, 0.6) is 0 Å². The largest absolute Gasteiger partial charge is 0.324 e. The van der Waals surface area contributed by atoms with Gasteiger partial charge in [-0.2, -0.15) is 0 Å². The number of carbonyl (C=O) groups is 1. The number of carbonyl (C=O) groups excluding carboxylic acids is 1. The predicted octanol–water partition coefficient (Wildman–Crippen LogP) is 3.36. The van der Waals surface area contributed by atoms with Crippen molar-refractivity contribution in [3.8, 4) is 0 Å². The number of para-hydroxylation sites is 1. The molecule has 19 heavy (non-hydrogen) atoms. The molecule has 1 N–H and O–H groups in total. The molecule has 0 saturated carbocycles. The molecule has 0 spiro atoms. The monoisotopic (exact) mass is 262 g/mol. The molecule has 0 aliphatic heterocycles. The molecule has 1 aromatic carbocycles. The van der Waals surface area contributed by atoms with E-state index in [1.807, 2.05) is 51.0 Å². The summed E-state index contributed by atoms with van der Waals surface area (Å²) < 4.78 is 0. The quantitative estimate of drug-likeness (QED) is 0.852. The highest BCUT2D eigenvalue weighted by Gasteiger charge is 2.21. The predicted molar refractivity (Wildman–Crippen MR) is 81.5 cm³/mol. The zero-order valence-electron chi connectivity index (χ0n) is 12.8. The minimum Gasteiger partial charge on any atom is -0.324 e. The van der Waals surface area contributed by atoms with Crippen LogP contribution in [0.4, 0.5) is 5.69 Å². The van der Waals surface area contributed by atoms with Gasteiger partial charge in [0.2, 0.25) is 5.91 Å². The molecule has 3 nitrogen and oxygen atoms in total. The van der Waals surface area contributed by atoms with Crippen LogP contribution in [0.1, 0.15) is 37.3 Å². The van der Waals surface area contributed by atoms with Gasteiger partial charge in [-0.05, 0) is 45.5 Å². The highest BCUT2D eigenvalue weighted by atomic mass is 16.2. The Labute approximate surface area is 117 Å². The minimum absolute atomic E-state index is 0.0565. The Morgan fingerprint density at radius 1 is 1.26 bits per heavy atom. The third kappa shape index (κ3) is 4.35. The number of nitrogens with zero attached hydrogens (tertiary/aromatic N) is 1. The van der Waals surface area contributed by atoms with Gasteiger partial charge in [-0.15, -0.1) is 0 Å². The zero-order valence-corrected chi connectivity index (χ0v) is 12.8. The molecule has 1 unspecified atom stereocenters. The van der Waals surface area contributed by atoms with E-state index in [1.165, 1.54) is 0 Å². The van der Waals surface area contributed by atoms with Gasteiger partial charge in [-0.3, -0.25) is 9.69 Å². The number of rotatable bonds is 6. The van der Waals surface area contributed by atoms with Crippen LogP contribution in [-0.4, -0.2) is 30.9 Å². The second-order valence-electron chi connectivity index (χ2n) is 5.38. The van der Waals surface area contributed by atoms with Gasteiger partial charge in [0, 0.05) is 5.69 Å². The van der Waals surface area contributed by atoms with Crippen LogP contribution in [0.15, 0.2) is 18.2 Å². The maximum Gasteiger partial charge on any atom is 0.241 e. The smallest absolute Gasteiger partial charge is 0.241 e. The lowest BCUT2D eigenvalue weighted by Crippen LogP contribution is -2.39. The summed E-state index contributed by atoms with van der Waals surface area (Å²) in [6, 6.07) is 6.01. The van der Waals surface area contributed by atoms with Gasteiger partial charge in [0.05, 0.1) is 6.04 Å². The molecule has 106 valence electrons. The van der Waals surface area contributed by atoms with Crippen LogP contribution in [0.2, 0.25) is 0 Å². The first kappa shape index (κ1) is 15.7. The molecule has 1 aromatic rings. The number of anilines is 1. The summed E-state index contributed by atoms with van der Waals surface area (Å²) in [6.07, 6.45) is 3.09. The lowest BCUT2D eigenvalue weighted by Gasteiger charge is -2.24. The number of hydrogen-bond acceptors (Lipinski definition) is 2. The third-order valence-electron chi connectivity index (χ3n) is 3.49. The number of aryl methyl sites for hydroxylation is 2. The lowest BCUT2D eigenvalue weighted by atomic mass is 10.1. The van der Waals surface area contributed by atoms with Crippen LogP contribution < -0.4 is 5.32 Å². The molecule has 0 aliphatic rings. The van der Waals surface area contributed by atoms with Gasteiger partial charge < -0.3 is 5.32 Å². The van der Waals surface area contributed by atoms with E-state index in [2.05, 4.69) is 12.2 Å². The van der Waals surface area contributed by atoms with Gasteiger partial charge in [0.15, 0.2) is 0 Å². The van der Waals surface area contributed by atoms with Crippen LogP contribution >= 0.6 is 0 Å². The summed E-state index contributed by atoms with van der Waals surface area (Å²) in [6.45, 7) is 6.20. The van der Waals surface area contributed by atoms with E-state index >= 15 is 0 Å². The Balaban J connectivity index is 2.81. The minimum atomic E-state index is -0.0565. The molecule has 0 aromatic heterocycles. The highest BCUT2D eigenvalue weighted by molar-refractivity contribution is 5.96. The van der Waals surface area contributed by atoms with E-state index in [0.29, 0.717) is 0 Å². The zero-order chi connectivity index (χ0) is 14.4. The fourth-order valence-corrected chi connectivity index (χ4v) is 2.24. The molecule has 1 rings (SSSR count). The Morgan fingerprint density at radius 2 is 1.84 bits per heavy atom. The van der Waals surface area contributed by atoms with Gasteiger partial charge in [-0.1, -0.05) is 38.0 Å². The van der Waals surface area contributed by atoms with E-state index in [4.69, 9.17) is 0 Å².